The molecule has 0 spiro atoms. The Labute approximate surface area is 140 Å². The van der Waals surface area contributed by atoms with E-state index in [9.17, 15) is 19.8 Å². The van der Waals surface area contributed by atoms with Gasteiger partial charge in [-0.15, -0.1) is 0 Å². The van der Waals surface area contributed by atoms with E-state index in [0.29, 0.717) is 12.0 Å². The Bertz CT molecular complexity index is 619. The van der Waals surface area contributed by atoms with Crippen LogP contribution in [0.5, 0.6) is 5.75 Å². The van der Waals surface area contributed by atoms with Crippen molar-refractivity contribution in [2.24, 2.45) is 11.8 Å². The second-order valence-corrected chi connectivity index (χ2v) is 5.71. The summed E-state index contributed by atoms with van der Waals surface area (Å²) in [4.78, 5) is 24.7. The van der Waals surface area contributed by atoms with Crippen molar-refractivity contribution in [2.75, 3.05) is 13.7 Å². The minimum atomic E-state index is -1.18. The van der Waals surface area contributed by atoms with E-state index in [0.717, 1.165) is 5.56 Å². The van der Waals surface area contributed by atoms with Crippen LogP contribution in [0.25, 0.3) is 0 Å². The minimum Gasteiger partial charge on any atom is -0.508 e. The molecule has 1 fully saturated rings. The number of methoxy groups -OCH3 is 1. The molecule has 0 aromatic heterocycles. The highest BCUT2D eigenvalue weighted by atomic mass is 16.6. The van der Waals surface area contributed by atoms with E-state index in [-0.39, 0.29) is 24.6 Å². The molecular formula is C18H22O6. The summed E-state index contributed by atoms with van der Waals surface area (Å²) >= 11 is 0. The maximum absolute atomic E-state index is 12.7. The average molecular weight is 334 g/mol. The first-order chi connectivity index (χ1) is 11.5. The van der Waals surface area contributed by atoms with Gasteiger partial charge in [0.15, 0.2) is 6.29 Å². The average Bonchev–Trinajstić information content (AvgIpc) is 2.59. The number of carbonyl (C=O) groups is 2. The number of aliphatic hydroxyl groups excluding tert-OH is 1. The van der Waals surface area contributed by atoms with Crippen molar-refractivity contribution in [1.29, 1.82) is 0 Å². The number of hydrogen-bond donors (Lipinski definition) is 2. The maximum atomic E-state index is 12.7. The molecule has 1 unspecified atom stereocenters. The number of aliphatic hydroxyl groups is 1. The van der Waals surface area contributed by atoms with Crippen molar-refractivity contribution >= 4 is 11.8 Å². The molecule has 1 aliphatic heterocycles. The van der Waals surface area contributed by atoms with Gasteiger partial charge in [0.2, 0.25) is 0 Å². The van der Waals surface area contributed by atoms with Crippen LogP contribution < -0.4 is 0 Å². The molecule has 24 heavy (non-hydrogen) atoms. The zero-order chi connectivity index (χ0) is 17.7. The molecule has 6 heteroatoms. The molecule has 0 radical (unpaired) electrons. The number of phenols is 1. The van der Waals surface area contributed by atoms with E-state index < -0.39 is 24.1 Å². The van der Waals surface area contributed by atoms with Crippen LogP contribution in [0.4, 0.5) is 0 Å². The van der Waals surface area contributed by atoms with Gasteiger partial charge in [-0.05, 0) is 36.6 Å². The summed E-state index contributed by atoms with van der Waals surface area (Å²) in [6.45, 7) is 1.64. The van der Waals surface area contributed by atoms with Crippen LogP contribution in [0.3, 0.4) is 0 Å². The quantitative estimate of drug-likeness (QED) is 0.627. The number of esters is 1. The van der Waals surface area contributed by atoms with Gasteiger partial charge in [-0.2, -0.15) is 0 Å². The van der Waals surface area contributed by atoms with Gasteiger partial charge in [0.25, 0.3) is 0 Å². The zero-order valence-corrected chi connectivity index (χ0v) is 13.8. The number of rotatable bonds is 5. The number of aromatic hydroxyl groups is 1. The van der Waals surface area contributed by atoms with Crippen LogP contribution in [-0.2, 0) is 25.5 Å². The Balaban J connectivity index is 2.14. The number of carbonyl (C=O) groups excluding carboxylic acids is 2. The second kappa shape index (κ2) is 8.08. The summed E-state index contributed by atoms with van der Waals surface area (Å²) in [5.74, 6) is -2.00. The highest BCUT2D eigenvalue weighted by molar-refractivity contribution is 5.89. The molecule has 1 aliphatic rings. The van der Waals surface area contributed by atoms with Crippen LogP contribution in [0, 0.1) is 11.8 Å². The fraction of sp³-hybridized carbons (Fsp3) is 0.444. The van der Waals surface area contributed by atoms with Crippen molar-refractivity contribution in [1.82, 2.24) is 0 Å². The first-order valence-electron chi connectivity index (χ1n) is 7.82. The molecule has 0 saturated carbocycles. The lowest BCUT2D eigenvalue weighted by molar-refractivity contribution is -0.167. The monoisotopic (exact) mass is 334 g/mol. The molecule has 0 amide bonds. The van der Waals surface area contributed by atoms with Gasteiger partial charge in [-0.25, -0.2) is 0 Å². The summed E-state index contributed by atoms with van der Waals surface area (Å²) in [6.07, 6.45) is 1.13. The van der Waals surface area contributed by atoms with Gasteiger partial charge >= 0.3 is 5.97 Å². The Hall–Kier alpha value is -2.18. The highest BCUT2D eigenvalue weighted by Gasteiger charge is 2.43. The van der Waals surface area contributed by atoms with Crippen LogP contribution in [-0.4, -0.2) is 42.0 Å². The number of aryl methyl sites for hydroxylation is 1. The van der Waals surface area contributed by atoms with Crippen LogP contribution >= 0.6 is 0 Å². The summed E-state index contributed by atoms with van der Waals surface area (Å²) in [7, 11) is 1.26. The summed E-state index contributed by atoms with van der Waals surface area (Å²) < 4.78 is 9.95. The zero-order valence-electron chi connectivity index (χ0n) is 13.8. The molecule has 1 aromatic rings. The van der Waals surface area contributed by atoms with Crippen LogP contribution in [0.2, 0.25) is 0 Å². The van der Waals surface area contributed by atoms with Crippen molar-refractivity contribution in [3.05, 3.63) is 41.5 Å². The van der Waals surface area contributed by atoms with Gasteiger partial charge in [-0.3, -0.25) is 9.59 Å². The SMILES string of the molecule is C/C=C1\[C@H](O)OCC(C(=O)OC)[C@H]1C(=O)CCc1ccc(O)cc1. The van der Waals surface area contributed by atoms with Gasteiger partial charge in [0.05, 0.1) is 25.6 Å². The van der Waals surface area contributed by atoms with Crippen molar-refractivity contribution < 1.29 is 29.3 Å². The van der Waals surface area contributed by atoms with Crippen molar-refractivity contribution in [3.63, 3.8) is 0 Å². The fourth-order valence-electron chi connectivity index (χ4n) is 2.95. The predicted octanol–water partition coefficient (Wildman–Crippen LogP) is 1.59. The van der Waals surface area contributed by atoms with E-state index in [1.165, 1.54) is 7.11 Å². The largest absolute Gasteiger partial charge is 0.508 e. The van der Waals surface area contributed by atoms with Gasteiger partial charge in [-0.1, -0.05) is 18.2 Å². The fourth-order valence-corrected chi connectivity index (χ4v) is 2.95. The van der Waals surface area contributed by atoms with Crippen LogP contribution in [0.1, 0.15) is 18.9 Å². The molecule has 2 rings (SSSR count). The number of ether oxygens (including phenoxy) is 2. The molecule has 130 valence electrons. The summed E-state index contributed by atoms with van der Waals surface area (Å²) in [5, 5.41) is 19.2. The number of Topliss-reactive ketones (excluding diaryl/α,β-unsaturated/α-hetero) is 1. The smallest absolute Gasteiger partial charge is 0.312 e. The van der Waals surface area contributed by atoms with Gasteiger partial charge < -0.3 is 19.7 Å². The number of allylic oxidation sites excluding steroid dienone is 1. The lowest BCUT2D eigenvalue weighted by Crippen LogP contribution is -2.44. The molecule has 0 bridgehead atoms. The molecule has 1 saturated heterocycles. The Kier molecular flexibility index (Phi) is 6.11. The minimum absolute atomic E-state index is 0.0548. The molecule has 6 nitrogen and oxygen atoms in total. The van der Waals surface area contributed by atoms with E-state index in [1.807, 2.05) is 0 Å². The maximum Gasteiger partial charge on any atom is 0.312 e. The van der Waals surface area contributed by atoms with Crippen LogP contribution in [0.15, 0.2) is 35.9 Å². The number of ketones is 1. The van der Waals surface area contributed by atoms with E-state index in [1.54, 1.807) is 37.3 Å². The molecular weight excluding hydrogens is 312 g/mol. The van der Waals surface area contributed by atoms with Gasteiger partial charge in [0.1, 0.15) is 11.5 Å². The standard InChI is InChI=1S/C18H22O6/c1-3-13-16(14(17(21)23-2)10-24-18(13)22)15(20)9-6-11-4-7-12(19)8-5-11/h3-5,7-8,14,16,18-19,22H,6,9-10H2,1-2H3/b13-3-/t14?,16-,18+/m0/s1. The highest BCUT2D eigenvalue weighted by Crippen LogP contribution is 2.33. The molecule has 1 aromatic carbocycles. The lowest BCUT2D eigenvalue weighted by Gasteiger charge is -2.34. The van der Waals surface area contributed by atoms with Gasteiger partial charge in [0, 0.05) is 6.42 Å². The predicted molar refractivity (Wildman–Crippen MR) is 86.1 cm³/mol. The number of hydrogen-bond acceptors (Lipinski definition) is 6. The first kappa shape index (κ1) is 18.2. The molecule has 0 aliphatic carbocycles. The first-order valence-corrected chi connectivity index (χ1v) is 7.82. The van der Waals surface area contributed by atoms with Crippen molar-refractivity contribution in [3.8, 4) is 5.75 Å². The Morgan fingerprint density at radius 1 is 1.33 bits per heavy atom. The van der Waals surface area contributed by atoms with E-state index >= 15 is 0 Å². The normalized spacial score (nSPS) is 25.5. The molecule has 2 N–H and O–H groups in total. The third kappa shape index (κ3) is 4.01. The summed E-state index contributed by atoms with van der Waals surface area (Å²) in [6, 6.07) is 6.62. The number of phenolic OH excluding ortho intramolecular Hbond substituents is 1. The Morgan fingerprint density at radius 3 is 2.58 bits per heavy atom. The topological polar surface area (TPSA) is 93.1 Å². The molecule has 1 heterocycles. The van der Waals surface area contributed by atoms with E-state index in [4.69, 9.17) is 9.47 Å². The lowest BCUT2D eigenvalue weighted by atomic mass is 9.79. The third-order valence-corrected chi connectivity index (χ3v) is 4.26. The number of benzene rings is 1. The van der Waals surface area contributed by atoms with Crippen molar-refractivity contribution in [2.45, 2.75) is 26.1 Å². The third-order valence-electron chi connectivity index (χ3n) is 4.26. The molecule has 3 atom stereocenters. The Morgan fingerprint density at radius 2 is 2.00 bits per heavy atom. The van der Waals surface area contributed by atoms with E-state index in [2.05, 4.69) is 0 Å². The second-order valence-electron chi connectivity index (χ2n) is 5.71. The summed E-state index contributed by atoms with van der Waals surface area (Å²) in [5.41, 5.74) is 1.30.